The maximum atomic E-state index is 12.6. The first-order valence-electron chi connectivity index (χ1n) is 7.73. The van der Waals surface area contributed by atoms with Crippen LogP contribution in [0.15, 0.2) is 10.8 Å². The summed E-state index contributed by atoms with van der Waals surface area (Å²) in [4.78, 5) is 21.6. The van der Waals surface area contributed by atoms with Crippen LogP contribution in [0.1, 0.15) is 64.0 Å². The van der Waals surface area contributed by atoms with Crippen molar-refractivity contribution in [2.45, 2.75) is 37.8 Å². The topological polar surface area (TPSA) is 66.9 Å². The molecule has 0 spiro atoms. The summed E-state index contributed by atoms with van der Waals surface area (Å²) in [6, 6.07) is 0.639. The van der Waals surface area contributed by atoms with Gasteiger partial charge in [-0.2, -0.15) is 0 Å². The maximum absolute atomic E-state index is 12.6. The zero-order chi connectivity index (χ0) is 14.9. The van der Waals surface area contributed by atoms with E-state index >= 15 is 0 Å². The van der Waals surface area contributed by atoms with Gasteiger partial charge in [-0.25, -0.2) is 9.97 Å². The first-order chi connectivity index (χ1) is 10.8. The lowest BCUT2D eigenvalue weighted by Crippen LogP contribution is -2.14. The largest absolute Gasteiger partial charge is 0.308 e. The van der Waals surface area contributed by atoms with Crippen LogP contribution in [0.25, 0.3) is 0 Å². The van der Waals surface area contributed by atoms with E-state index in [1.807, 2.05) is 10.8 Å². The smallest absolute Gasteiger partial charge is 0.231 e. The summed E-state index contributed by atoms with van der Waals surface area (Å²) in [5.74, 6) is -0.0546. The van der Waals surface area contributed by atoms with Crippen molar-refractivity contribution in [1.29, 1.82) is 0 Å². The van der Waals surface area contributed by atoms with Gasteiger partial charge < -0.3 is 10.6 Å². The summed E-state index contributed by atoms with van der Waals surface area (Å²) in [6.45, 7) is 2.08. The molecular weight excluding hydrogens is 316 g/mol. The summed E-state index contributed by atoms with van der Waals surface area (Å²) < 4.78 is 0. The van der Waals surface area contributed by atoms with Crippen molar-refractivity contribution in [3.63, 3.8) is 0 Å². The van der Waals surface area contributed by atoms with Gasteiger partial charge in [0, 0.05) is 10.8 Å². The second-order valence-electron chi connectivity index (χ2n) is 5.77. The van der Waals surface area contributed by atoms with Crippen LogP contribution in [0.2, 0.25) is 0 Å². The molecule has 2 aliphatic heterocycles. The van der Waals surface area contributed by atoms with Crippen LogP contribution in [0.4, 0.5) is 0 Å². The molecule has 2 aromatic rings. The first-order valence-corrected chi connectivity index (χ1v) is 9.49. The molecule has 0 aromatic carbocycles. The van der Waals surface area contributed by atoms with Crippen LogP contribution < -0.4 is 10.6 Å². The Kier molecular flexibility index (Phi) is 4.04. The molecule has 2 aromatic heterocycles. The molecule has 7 heteroatoms. The number of hydrogen-bond acceptors (Lipinski definition) is 7. The molecule has 2 atom stereocenters. The molecule has 2 fully saturated rings. The molecule has 0 saturated carbocycles. The highest BCUT2D eigenvalue weighted by Crippen LogP contribution is 2.28. The van der Waals surface area contributed by atoms with Crippen molar-refractivity contribution < 1.29 is 4.79 Å². The molecule has 2 saturated heterocycles. The van der Waals surface area contributed by atoms with Gasteiger partial charge in [-0.05, 0) is 38.8 Å². The van der Waals surface area contributed by atoms with Crippen molar-refractivity contribution >= 4 is 28.5 Å². The van der Waals surface area contributed by atoms with Gasteiger partial charge in [0.25, 0.3) is 0 Å². The Bertz CT molecular complexity index is 612. The van der Waals surface area contributed by atoms with Gasteiger partial charge >= 0.3 is 0 Å². The van der Waals surface area contributed by atoms with Gasteiger partial charge in [-0.15, -0.1) is 22.7 Å². The lowest BCUT2D eigenvalue weighted by atomic mass is 10.2. The molecule has 0 bridgehead atoms. The van der Waals surface area contributed by atoms with E-state index in [1.54, 1.807) is 22.7 Å². The van der Waals surface area contributed by atoms with Gasteiger partial charge in [-0.3, -0.25) is 4.79 Å². The summed E-state index contributed by atoms with van der Waals surface area (Å²) in [5, 5.41) is 12.6. The zero-order valence-electron chi connectivity index (χ0n) is 12.2. The predicted molar refractivity (Wildman–Crippen MR) is 87.6 cm³/mol. The number of hydrogen-bond donors (Lipinski definition) is 2. The van der Waals surface area contributed by atoms with E-state index in [-0.39, 0.29) is 5.78 Å². The van der Waals surface area contributed by atoms with Crippen molar-refractivity contribution in [1.82, 2.24) is 20.6 Å². The van der Waals surface area contributed by atoms with Crippen LogP contribution in [-0.4, -0.2) is 28.8 Å². The zero-order valence-corrected chi connectivity index (χ0v) is 13.8. The molecule has 116 valence electrons. The van der Waals surface area contributed by atoms with Gasteiger partial charge in [0.1, 0.15) is 21.4 Å². The molecule has 0 radical (unpaired) electrons. The highest BCUT2D eigenvalue weighted by atomic mass is 32.1. The van der Waals surface area contributed by atoms with Crippen LogP contribution in [0.5, 0.6) is 0 Å². The number of carbonyl (C=O) groups is 1. The fourth-order valence-corrected chi connectivity index (χ4v) is 4.84. The number of aromatic nitrogens is 2. The summed E-state index contributed by atoms with van der Waals surface area (Å²) >= 11 is 3.14. The van der Waals surface area contributed by atoms with Crippen LogP contribution >= 0.6 is 22.7 Å². The van der Waals surface area contributed by atoms with E-state index in [9.17, 15) is 4.79 Å². The average molecular weight is 334 g/mol. The van der Waals surface area contributed by atoms with Gasteiger partial charge in [0.2, 0.25) is 5.78 Å². The molecular formula is C15H18N4OS2. The minimum atomic E-state index is -0.0546. The van der Waals surface area contributed by atoms with Crippen LogP contribution in [0, 0.1) is 0 Å². The molecule has 0 amide bonds. The third kappa shape index (κ3) is 2.74. The normalized spacial score (nSPS) is 24.9. The van der Waals surface area contributed by atoms with Crippen molar-refractivity contribution in [2.75, 3.05) is 13.1 Å². The molecule has 2 aliphatic rings. The number of rotatable bonds is 4. The Hall–Kier alpha value is -1.15. The van der Waals surface area contributed by atoms with Gasteiger partial charge in [0.05, 0.1) is 12.1 Å². The van der Waals surface area contributed by atoms with Crippen LogP contribution in [-0.2, 0) is 0 Å². The van der Waals surface area contributed by atoms with E-state index in [0.717, 1.165) is 35.9 Å². The number of nitrogens with one attached hydrogen (secondary N) is 2. The quantitative estimate of drug-likeness (QED) is 0.842. The first kappa shape index (κ1) is 14.4. The van der Waals surface area contributed by atoms with Crippen molar-refractivity contribution in [3.05, 3.63) is 32.2 Å². The second-order valence-corrected chi connectivity index (χ2v) is 7.55. The highest BCUT2D eigenvalue weighted by molar-refractivity contribution is 7.10. The number of carbonyl (C=O) groups excluding carboxylic acids is 1. The Morgan fingerprint density at radius 1 is 0.955 bits per heavy atom. The lowest BCUT2D eigenvalue weighted by Gasteiger charge is -2.04. The molecule has 5 nitrogen and oxygen atoms in total. The van der Waals surface area contributed by atoms with E-state index in [2.05, 4.69) is 20.6 Å². The van der Waals surface area contributed by atoms with Gasteiger partial charge in [0.15, 0.2) is 0 Å². The van der Waals surface area contributed by atoms with Crippen molar-refractivity contribution in [2.24, 2.45) is 0 Å². The molecule has 22 heavy (non-hydrogen) atoms. The maximum Gasteiger partial charge on any atom is 0.231 e. The van der Waals surface area contributed by atoms with Crippen molar-refractivity contribution in [3.8, 4) is 0 Å². The fourth-order valence-electron chi connectivity index (χ4n) is 3.03. The minimum absolute atomic E-state index is 0.0546. The molecule has 4 heterocycles. The highest BCUT2D eigenvalue weighted by Gasteiger charge is 2.24. The number of thiazole rings is 2. The Balaban J connectivity index is 1.51. The summed E-state index contributed by atoms with van der Waals surface area (Å²) in [6.07, 6.45) is 4.57. The monoisotopic (exact) mass is 334 g/mol. The molecule has 2 unspecified atom stereocenters. The lowest BCUT2D eigenvalue weighted by molar-refractivity contribution is 0.103. The predicted octanol–water partition coefficient (Wildman–Crippen LogP) is 2.68. The Labute approximate surface area is 137 Å². The summed E-state index contributed by atoms with van der Waals surface area (Å²) in [5.41, 5.74) is 1.06. The summed E-state index contributed by atoms with van der Waals surface area (Å²) in [7, 11) is 0. The average Bonchev–Trinajstić information content (AvgIpc) is 3.35. The Morgan fingerprint density at radius 2 is 1.45 bits per heavy atom. The third-order valence-electron chi connectivity index (χ3n) is 4.23. The van der Waals surface area contributed by atoms with Gasteiger partial charge in [-0.1, -0.05) is 0 Å². The van der Waals surface area contributed by atoms with E-state index in [4.69, 9.17) is 0 Å². The molecule has 2 N–H and O–H groups in total. The molecule has 0 aliphatic carbocycles. The second kappa shape index (κ2) is 6.16. The Morgan fingerprint density at radius 3 is 1.86 bits per heavy atom. The fraction of sp³-hybridized carbons (Fsp3) is 0.533. The van der Waals surface area contributed by atoms with E-state index < -0.39 is 0 Å². The number of nitrogens with zero attached hydrogens (tertiary/aromatic N) is 2. The van der Waals surface area contributed by atoms with E-state index in [1.165, 1.54) is 12.8 Å². The third-order valence-corrected chi connectivity index (χ3v) is 6.14. The SMILES string of the molecule is O=C(c1csc(C2CCCN2)n1)c1csc(C2CCCN2)n1. The number of ketones is 1. The molecule has 4 rings (SSSR count). The van der Waals surface area contributed by atoms with Crippen LogP contribution in [0.3, 0.4) is 0 Å². The minimum Gasteiger partial charge on any atom is -0.308 e. The standard InChI is InChI=1S/C15H18N4OS2/c20-13(11-7-21-14(18-11)9-3-1-5-16-9)12-8-22-15(19-12)10-4-2-6-17-10/h7-10,16-17H,1-6H2. The van der Waals surface area contributed by atoms with E-state index in [0.29, 0.717) is 23.5 Å².